The third-order valence-electron chi connectivity index (χ3n) is 7.03. The molecule has 0 unspecified atom stereocenters. The molecule has 8 heteroatoms. The largest absolute Gasteiger partial charge is 0.328 e. The number of carbonyl (C=O) groups is 3. The molecule has 1 aliphatic carbocycles. The molecule has 2 heterocycles. The highest BCUT2D eigenvalue weighted by Gasteiger charge is 2.38. The van der Waals surface area contributed by atoms with Crippen molar-refractivity contribution >= 4 is 29.2 Å². The van der Waals surface area contributed by atoms with Crippen molar-refractivity contribution in [2.45, 2.75) is 44.6 Å². The van der Waals surface area contributed by atoms with E-state index in [1.165, 1.54) is 12.2 Å². The fourth-order valence-corrected chi connectivity index (χ4v) is 5.26. The number of benzene rings is 1. The summed E-state index contributed by atoms with van der Waals surface area (Å²) < 4.78 is 0. The van der Waals surface area contributed by atoms with Crippen LogP contribution in [0.3, 0.4) is 0 Å². The summed E-state index contributed by atoms with van der Waals surface area (Å²) in [5.41, 5.74) is 1.99. The number of fused-ring (bicyclic) bond motifs is 1. The molecule has 0 radical (unpaired) electrons. The second-order valence-electron chi connectivity index (χ2n) is 9.18. The van der Waals surface area contributed by atoms with Gasteiger partial charge in [0.1, 0.15) is 0 Å². The van der Waals surface area contributed by atoms with Gasteiger partial charge in [-0.2, -0.15) is 0 Å². The SMILES string of the molecule is CON(C)C(=O)C1CCC(CN2C(=O)c3ccc(Cl)cc3CC(=O)[C@H]2Cc2ccccn2)CC1. The van der Waals surface area contributed by atoms with Crippen LogP contribution >= 0.6 is 11.6 Å². The Morgan fingerprint density at radius 3 is 2.62 bits per heavy atom. The van der Waals surface area contributed by atoms with E-state index in [0.717, 1.165) is 31.4 Å². The smallest absolute Gasteiger partial charge is 0.254 e. The number of aromatic nitrogens is 1. The van der Waals surface area contributed by atoms with Crippen molar-refractivity contribution in [3.63, 3.8) is 0 Å². The van der Waals surface area contributed by atoms with Gasteiger partial charge in [0.15, 0.2) is 5.78 Å². The molecule has 1 aromatic carbocycles. The van der Waals surface area contributed by atoms with Gasteiger partial charge in [-0.25, -0.2) is 5.06 Å². The van der Waals surface area contributed by atoms with Gasteiger partial charge in [0, 0.05) is 54.8 Å². The van der Waals surface area contributed by atoms with Crippen LogP contribution in [0.4, 0.5) is 0 Å². The minimum absolute atomic E-state index is 0.00870. The zero-order valence-corrected chi connectivity index (χ0v) is 20.3. The predicted octanol–water partition coefficient (Wildman–Crippen LogP) is 3.74. The fraction of sp³-hybridized carbons (Fsp3) is 0.462. The number of carbonyl (C=O) groups excluding carboxylic acids is 3. The molecule has 34 heavy (non-hydrogen) atoms. The lowest BCUT2D eigenvalue weighted by Gasteiger charge is -2.36. The molecule has 1 atom stereocenters. The number of hydrogen-bond acceptors (Lipinski definition) is 5. The van der Waals surface area contributed by atoms with Gasteiger partial charge in [0.25, 0.3) is 5.91 Å². The lowest BCUT2D eigenvalue weighted by Crippen LogP contribution is -2.48. The molecule has 1 saturated carbocycles. The molecule has 0 saturated heterocycles. The molecule has 2 aliphatic rings. The number of rotatable bonds is 6. The van der Waals surface area contributed by atoms with E-state index in [4.69, 9.17) is 16.4 Å². The minimum atomic E-state index is -0.590. The predicted molar refractivity (Wildman–Crippen MR) is 128 cm³/mol. The first-order chi connectivity index (χ1) is 16.4. The molecular weight excluding hydrogens is 454 g/mol. The van der Waals surface area contributed by atoms with Gasteiger partial charge >= 0.3 is 0 Å². The Labute approximate surface area is 205 Å². The molecule has 1 aromatic heterocycles. The van der Waals surface area contributed by atoms with E-state index >= 15 is 0 Å². The Hall–Kier alpha value is -2.77. The maximum atomic E-state index is 13.7. The average molecular weight is 484 g/mol. The van der Waals surface area contributed by atoms with Gasteiger partial charge < -0.3 is 4.90 Å². The van der Waals surface area contributed by atoms with E-state index in [1.54, 1.807) is 36.3 Å². The zero-order chi connectivity index (χ0) is 24.2. The van der Waals surface area contributed by atoms with Crippen LogP contribution in [-0.4, -0.2) is 59.3 Å². The van der Waals surface area contributed by atoms with Crippen molar-refractivity contribution < 1.29 is 19.2 Å². The Balaban J connectivity index is 1.56. The number of amides is 2. The van der Waals surface area contributed by atoms with Gasteiger partial charge in [-0.3, -0.25) is 24.2 Å². The molecular formula is C26H30ClN3O4. The van der Waals surface area contributed by atoms with Gasteiger partial charge in [-0.15, -0.1) is 0 Å². The lowest BCUT2D eigenvalue weighted by molar-refractivity contribution is -0.174. The number of hydroxylamine groups is 2. The fourth-order valence-electron chi connectivity index (χ4n) is 5.06. The average Bonchev–Trinajstić information content (AvgIpc) is 2.94. The number of ketones is 1. The van der Waals surface area contributed by atoms with Crippen LogP contribution in [-0.2, 0) is 27.3 Å². The van der Waals surface area contributed by atoms with E-state index in [1.807, 2.05) is 18.2 Å². The van der Waals surface area contributed by atoms with Crippen molar-refractivity contribution in [2.75, 3.05) is 20.7 Å². The molecule has 7 nitrogen and oxygen atoms in total. The number of nitrogens with zero attached hydrogens (tertiary/aromatic N) is 3. The highest BCUT2D eigenvalue weighted by atomic mass is 35.5. The highest BCUT2D eigenvalue weighted by molar-refractivity contribution is 6.30. The molecule has 1 fully saturated rings. The van der Waals surface area contributed by atoms with Crippen LogP contribution in [0.15, 0.2) is 42.6 Å². The van der Waals surface area contributed by atoms with Crippen molar-refractivity contribution in [1.82, 2.24) is 14.9 Å². The Kier molecular flexibility index (Phi) is 7.63. The third kappa shape index (κ3) is 5.31. The summed E-state index contributed by atoms with van der Waals surface area (Å²) in [5, 5.41) is 1.80. The summed E-state index contributed by atoms with van der Waals surface area (Å²) in [6.45, 7) is 0.477. The first kappa shape index (κ1) is 24.4. The molecule has 0 bridgehead atoms. The Morgan fingerprint density at radius 2 is 1.94 bits per heavy atom. The number of pyridine rings is 1. The second kappa shape index (κ2) is 10.7. The molecule has 180 valence electrons. The quantitative estimate of drug-likeness (QED) is 0.585. The zero-order valence-electron chi connectivity index (χ0n) is 19.6. The third-order valence-corrected chi connectivity index (χ3v) is 7.27. The normalized spacial score (nSPS) is 22.8. The number of Topliss-reactive ketones (excluding diaryl/α,β-unsaturated/α-hetero) is 1. The summed E-state index contributed by atoms with van der Waals surface area (Å²) in [4.78, 5) is 50.8. The second-order valence-corrected chi connectivity index (χ2v) is 9.62. The molecule has 1 aliphatic heterocycles. The van der Waals surface area contributed by atoms with Crippen molar-refractivity contribution in [2.24, 2.45) is 11.8 Å². The van der Waals surface area contributed by atoms with Gasteiger partial charge in [0.2, 0.25) is 5.91 Å². The summed E-state index contributed by atoms with van der Waals surface area (Å²) in [6.07, 6.45) is 5.35. The van der Waals surface area contributed by atoms with Crippen LogP contribution in [0.25, 0.3) is 0 Å². The molecule has 2 aromatic rings. The summed E-state index contributed by atoms with van der Waals surface area (Å²) >= 11 is 6.17. The number of halogens is 1. The topological polar surface area (TPSA) is 79.8 Å². The van der Waals surface area contributed by atoms with Crippen LogP contribution in [0.2, 0.25) is 5.02 Å². The molecule has 0 N–H and O–H groups in total. The summed E-state index contributed by atoms with van der Waals surface area (Å²) in [6, 6.07) is 10.2. The van der Waals surface area contributed by atoms with Crippen LogP contribution < -0.4 is 0 Å². The van der Waals surface area contributed by atoms with Gasteiger partial charge in [0.05, 0.1) is 13.2 Å². The van der Waals surface area contributed by atoms with E-state index in [-0.39, 0.29) is 35.9 Å². The van der Waals surface area contributed by atoms with Gasteiger partial charge in [-0.1, -0.05) is 17.7 Å². The summed E-state index contributed by atoms with van der Waals surface area (Å²) in [7, 11) is 3.11. The monoisotopic (exact) mass is 483 g/mol. The standard InChI is InChI=1S/C26H30ClN3O4/c1-29(34-2)25(32)18-8-6-17(7-9-18)16-30-23(15-21-5-3-4-12-28-21)24(31)14-19-13-20(27)10-11-22(19)26(30)33/h3-5,10-13,17-18,23H,6-9,14-16H2,1-2H3/t17?,18?,23-/m1/s1. The van der Waals surface area contributed by atoms with Gasteiger partial charge in [-0.05, 0) is 67.5 Å². The maximum absolute atomic E-state index is 13.7. The van der Waals surface area contributed by atoms with Crippen LogP contribution in [0.5, 0.6) is 0 Å². The van der Waals surface area contributed by atoms with Crippen molar-refractivity contribution in [3.8, 4) is 0 Å². The molecule has 4 rings (SSSR count). The van der Waals surface area contributed by atoms with Crippen molar-refractivity contribution in [1.29, 1.82) is 0 Å². The molecule has 0 spiro atoms. The minimum Gasteiger partial charge on any atom is -0.328 e. The maximum Gasteiger partial charge on any atom is 0.254 e. The van der Waals surface area contributed by atoms with Crippen LogP contribution in [0, 0.1) is 11.8 Å². The molecule has 2 amide bonds. The van der Waals surface area contributed by atoms with E-state index in [0.29, 0.717) is 29.1 Å². The Morgan fingerprint density at radius 1 is 1.18 bits per heavy atom. The highest BCUT2D eigenvalue weighted by Crippen LogP contribution is 2.33. The number of hydrogen-bond donors (Lipinski definition) is 0. The van der Waals surface area contributed by atoms with E-state index in [2.05, 4.69) is 4.98 Å². The summed E-state index contributed by atoms with van der Waals surface area (Å²) in [5.74, 6) is -0.0224. The first-order valence-corrected chi connectivity index (χ1v) is 12.1. The first-order valence-electron chi connectivity index (χ1n) is 11.7. The van der Waals surface area contributed by atoms with Crippen molar-refractivity contribution in [3.05, 3.63) is 64.4 Å². The van der Waals surface area contributed by atoms with E-state index in [9.17, 15) is 14.4 Å². The lowest BCUT2D eigenvalue weighted by atomic mass is 9.81. The van der Waals surface area contributed by atoms with E-state index < -0.39 is 6.04 Å². The van der Waals surface area contributed by atoms with Crippen LogP contribution in [0.1, 0.15) is 47.3 Å². The Bertz CT molecular complexity index is 1050.